The Labute approximate surface area is 263 Å². The Morgan fingerprint density at radius 3 is 1.03 bits per heavy atom. The van der Waals surface area contributed by atoms with Crippen molar-refractivity contribution in [3.8, 4) is 0 Å². The van der Waals surface area contributed by atoms with Gasteiger partial charge < -0.3 is 4.55 Å². The zero-order valence-electron chi connectivity index (χ0n) is 24.0. The van der Waals surface area contributed by atoms with E-state index in [0.717, 1.165) is 25.7 Å². The maximum Gasteiger partial charge on any atom is 1.00 e. The van der Waals surface area contributed by atoms with Crippen LogP contribution in [0.15, 0.2) is 0 Å². The van der Waals surface area contributed by atoms with Crippen LogP contribution in [0.25, 0.3) is 0 Å². The molecule has 1 unspecified atom stereocenters. The van der Waals surface area contributed by atoms with Crippen LogP contribution in [0, 0.1) is 5.92 Å². The first-order valence-corrected chi connectivity index (χ1v) is 16.4. The molecule has 0 aromatic heterocycles. The Kier molecular flexibility index (Phi) is 33.2. The molecule has 0 aromatic rings. The van der Waals surface area contributed by atoms with Crippen molar-refractivity contribution < 1.29 is 68.5 Å². The number of hydrogen-bond donors (Lipinski definition) is 0. The van der Waals surface area contributed by atoms with Crippen molar-refractivity contribution in [1.82, 2.24) is 0 Å². The first kappa shape index (κ1) is 38.7. The van der Waals surface area contributed by atoms with E-state index in [1.165, 1.54) is 135 Å². The molecule has 0 heterocycles. The SMILES string of the molecule is CCCCCCCCCCCCCCCCCCC(CCCCCCCCC)COS(=O)(=O)[O-].[K+]. The molecule has 206 valence electrons. The molecule has 0 fully saturated rings. The van der Waals surface area contributed by atoms with Gasteiger partial charge >= 0.3 is 51.4 Å². The molecule has 0 radical (unpaired) electrons. The van der Waals surface area contributed by atoms with Gasteiger partial charge in [0.2, 0.25) is 10.4 Å². The summed E-state index contributed by atoms with van der Waals surface area (Å²) < 4.78 is 37.2. The van der Waals surface area contributed by atoms with E-state index in [1.54, 1.807) is 0 Å². The molecule has 0 aromatic carbocycles. The molecule has 0 aliphatic rings. The molecule has 0 saturated carbocycles. The van der Waals surface area contributed by atoms with Crippen molar-refractivity contribution in [1.29, 1.82) is 0 Å². The summed E-state index contributed by atoms with van der Waals surface area (Å²) in [5.41, 5.74) is 0. The minimum Gasteiger partial charge on any atom is -0.726 e. The van der Waals surface area contributed by atoms with Crippen LogP contribution in [0.1, 0.15) is 174 Å². The molecule has 0 aliphatic carbocycles. The average Bonchev–Trinajstić information content (AvgIpc) is 2.80. The summed E-state index contributed by atoms with van der Waals surface area (Å²) in [7, 11) is -4.58. The zero-order chi connectivity index (χ0) is 25.2. The molecule has 35 heavy (non-hydrogen) atoms. The van der Waals surface area contributed by atoms with Gasteiger partial charge in [0.25, 0.3) is 0 Å². The van der Waals surface area contributed by atoms with Crippen LogP contribution in [-0.2, 0) is 14.6 Å². The van der Waals surface area contributed by atoms with Crippen LogP contribution in [0.4, 0.5) is 0 Å². The van der Waals surface area contributed by atoms with Gasteiger partial charge in [0, 0.05) is 0 Å². The van der Waals surface area contributed by atoms with Crippen molar-refractivity contribution in [3.63, 3.8) is 0 Å². The van der Waals surface area contributed by atoms with E-state index in [1.807, 2.05) is 0 Å². The van der Waals surface area contributed by atoms with Gasteiger partial charge in [-0.15, -0.1) is 0 Å². The minimum atomic E-state index is -4.58. The van der Waals surface area contributed by atoms with E-state index in [0.29, 0.717) is 0 Å². The Hall–Kier alpha value is 1.51. The van der Waals surface area contributed by atoms with Crippen LogP contribution in [0.5, 0.6) is 0 Å². The predicted molar refractivity (Wildman–Crippen MR) is 146 cm³/mol. The molecule has 0 N–H and O–H groups in total. The summed E-state index contributed by atoms with van der Waals surface area (Å²) in [5, 5.41) is 0. The summed E-state index contributed by atoms with van der Waals surface area (Å²) in [6.45, 7) is 4.58. The molecule has 0 spiro atoms. The second-order valence-electron chi connectivity index (χ2n) is 10.6. The summed E-state index contributed by atoms with van der Waals surface area (Å²) in [6.07, 6.45) is 32.4. The van der Waals surface area contributed by atoms with E-state index >= 15 is 0 Å². The summed E-state index contributed by atoms with van der Waals surface area (Å²) in [6, 6.07) is 0. The van der Waals surface area contributed by atoms with Gasteiger partial charge in [-0.2, -0.15) is 0 Å². The third-order valence-electron chi connectivity index (χ3n) is 7.13. The Morgan fingerprint density at radius 2 is 0.771 bits per heavy atom. The fourth-order valence-electron chi connectivity index (χ4n) is 4.86. The minimum absolute atomic E-state index is 0. The molecule has 0 aliphatic heterocycles. The standard InChI is InChI=1S/C29H60O4S.K/c1-3-5-7-9-11-12-13-14-15-16-17-18-19-21-23-25-27-29(28-33-34(30,31)32)26-24-22-20-10-8-6-4-2;/h29H,3-28H2,1-2H3,(H,30,31,32);/q;+1/p-1. The first-order valence-electron chi connectivity index (χ1n) is 15.1. The van der Waals surface area contributed by atoms with Gasteiger partial charge in [0.15, 0.2) is 0 Å². The zero-order valence-corrected chi connectivity index (χ0v) is 27.9. The monoisotopic (exact) mass is 542 g/mol. The van der Waals surface area contributed by atoms with Gasteiger partial charge in [0.1, 0.15) is 0 Å². The van der Waals surface area contributed by atoms with Crippen molar-refractivity contribution in [2.45, 2.75) is 174 Å². The summed E-state index contributed by atoms with van der Waals surface area (Å²) >= 11 is 0. The Morgan fingerprint density at radius 1 is 0.514 bits per heavy atom. The molecule has 0 saturated heterocycles. The van der Waals surface area contributed by atoms with Gasteiger partial charge in [-0.25, -0.2) is 8.42 Å². The van der Waals surface area contributed by atoms with E-state index < -0.39 is 10.4 Å². The predicted octanol–water partition coefficient (Wildman–Crippen LogP) is 6.88. The number of unbranched alkanes of at least 4 members (excludes halogenated alkanes) is 21. The van der Waals surface area contributed by atoms with Crippen molar-refractivity contribution in [2.75, 3.05) is 6.61 Å². The maximum atomic E-state index is 10.9. The van der Waals surface area contributed by atoms with E-state index in [2.05, 4.69) is 18.0 Å². The topological polar surface area (TPSA) is 66.4 Å². The van der Waals surface area contributed by atoms with Crippen LogP contribution in [-0.4, -0.2) is 19.6 Å². The van der Waals surface area contributed by atoms with Crippen LogP contribution in [0.3, 0.4) is 0 Å². The third-order valence-corrected chi connectivity index (χ3v) is 7.55. The molecular weight excluding hydrogens is 483 g/mol. The normalized spacial score (nSPS) is 12.5. The van der Waals surface area contributed by atoms with Crippen molar-refractivity contribution >= 4 is 10.4 Å². The molecule has 0 rings (SSSR count). The second kappa shape index (κ2) is 30.1. The van der Waals surface area contributed by atoms with Gasteiger partial charge in [-0.3, -0.25) is 4.18 Å². The Balaban J connectivity index is 0. The molecule has 0 bridgehead atoms. The molecule has 1 atom stereocenters. The largest absolute Gasteiger partial charge is 1.00 e. The van der Waals surface area contributed by atoms with Gasteiger partial charge in [-0.05, 0) is 18.8 Å². The average molecular weight is 543 g/mol. The second-order valence-corrected chi connectivity index (χ2v) is 11.6. The maximum absolute atomic E-state index is 10.9. The number of hydrogen-bond acceptors (Lipinski definition) is 4. The first-order chi connectivity index (χ1) is 16.5. The summed E-state index contributed by atoms with van der Waals surface area (Å²) in [4.78, 5) is 0. The third kappa shape index (κ3) is 33.5. The molecule has 6 heteroatoms. The van der Waals surface area contributed by atoms with Crippen LogP contribution < -0.4 is 51.4 Å². The molecular formula is C29H59KO4S. The van der Waals surface area contributed by atoms with Gasteiger partial charge in [0.05, 0.1) is 6.61 Å². The van der Waals surface area contributed by atoms with E-state index in [4.69, 9.17) is 0 Å². The van der Waals surface area contributed by atoms with Crippen LogP contribution in [0.2, 0.25) is 0 Å². The number of rotatable bonds is 28. The van der Waals surface area contributed by atoms with Crippen molar-refractivity contribution in [2.24, 2.45) is 5.92 Å². The van der Waals surface area contributed by atoms with E-state index in [-0.39, 0.29) is 63.9 Å². The van der Waals surface area contributed by atoms with Crippen molar-refractivity contribution in [3.05, 3.63) is 0 Å². The molecule has 4 nitrogen and oxygen atoms in total. The van der Waals surface area contributed by atoms with E-state index in [9.17, 15) is 13.0 Å². The Bertz CT molecular complexity index is 499. The fourth-order valence-corrected chi connectivity index (χ4v) is 5.22. The molecule has 0 amide bonds. The summed E-state index contributed by atoms with van der Waals surface area (Å²) in [5.74, 6) is 0.200. The fraction of sp³-hybridized carbons (Fsp3) is 1.00. The van der Waals surface area contributed by atoms with Crippen LogP contribution >= 0.6 is 0 Å². The smallest absolute Gasteiger partial charge is 0.726 e. The quantitative estimate of drug-likeness (QED) is 0.0468. The van der Waals surface area contributed by atoms with Gasteiger partial charge in [-0.1, -0.05) is 162 Å².